The summed E-state index contributed by atoms with van der Waals surface area (Å²) >= 11 is 0. The summed E-state index contributed by atoms with van der Waals surface area (Å²) < 4.78 is 15.4. The number of nitrogens with one attached hydrogen (secondary N) is 1. The third-order valence-electron chi connectivity index (χ3n) is 4.06. The van der Waals surface area contributed by atoms with Gasteiger partial charge in [0.25, 0.3) is 5.91 Å². The van der Waals surface area contributed by atoms with Crippen LogP contribution in [0, 0.1) is 6.92 Å². The highest BCUT2D eigenvalue weighted by molar-refractivity contribution is 6.05. The van der Waals surface area contributed by atoms with Crippen molar-refractivity contribution in [1.82, 2.24) is 4.98 Å². The van der Waals surface area contributed by atoms with E-state index in [1.807, 2.05) is 0 Å². The Kier molecular flexibility index (Phi) is 5.39. The number of benzene rings is 1. The molecular weight excluding hydrogens is 364 g/mol. The van der Waals surface area contributed by atoms with Crippen molar-refractivity contribution in [3.05, 3.63) is 63.8 Å². The number of nitrogens with zero attached hydrogens (tertiary/aromatic N) is 1. The van der Waals surface area contributed by atoms with Crippen LogP contribution in [0.4, 0.5) is 5.69 Å². The van der Waals surface area contributed by atoms with Crippen LogP contribution in [0.15, 0.2) is 45.7 Å². The Bertz CT molecular complexity index is 1100. The molecule has 0 atom stereocenters. The van der Waals surface area contributed by atoms with E-state index in [-0.39, 0.29) is 17.8 Å². The minimum atomic E-state index is -0.784. The molecule has 0 fully saturated rings. The number of aryl methyl sites for hydroxylation is 1. The molecule has 2 heterocycles. The standard InChI is InChI=1S/C20H18N2O6/c1-11-18-16(13(9-21-11)10-27-12(2)23)8-17(20(25)28-18)19(24)22-14-4-6-15(26-3)7-5-14/h4-9H,10H2,1-3H3,(H,22,24). The number of ether oxygens (including phenoxy) is 2. The Morgan fingerprint density at radius 3 is 2.57 bits per heavy atom. The first-order valence-electron chi connectivity index (χ1n) is 8.40. The highest BCUT2D eigenvalue weighted by Crippen LogP contribution is 2.22. The zero-order chi connectivity index (χ0) is 20.3. The lowest BCUT2D eigenvalue weighted by Crippen LogP contribution is -2.21. The Labute approximate surface area is 160 Å². The molecule has 1 aromatic carbocycles. The van der Waals surface area contributed by atoms with Crippen LogP contribution in [-0.2, 0) is 16.1 Å². The molecule has 8 heteroatoms. The first-order valence-corrected chi connectivity index (χ1v) is 8.40. The summed E-state index contributed by atoms with van der Waals surface area (Å²) in [6.07, 6.45) is 1.52. The van der Waals surface area contributed by atoms with Crippen molar-refractivity contribution in [2.24, 2.45) is 0 Å². The van der Waals surface area contributed by atoms with Crippen LogP contribution >= 0.6 is 0 Å². The number of amides is 1. The molecule has 0 aliphatic heterocycles. The van der Waals surface area contributed by atoms with Crippen molar-refractivity contribution >= 4 is 28.5 Å². The number of pyridine rings is 1. The highest BCUT2D eigenvalue weighted by Gasteiger charge is 2.17. The number of fused-ring (bicyclic) bond motifs is 1. The van der Waals surface area contributed by atoms with E-state index in [1.54, 1.807) is 31.2 Å². The SMILES string of the molecule is COc1ccc(NC(=O)c2cc3c(COC(C)=O)cnc(C)c3oc2=O)cc1. The van der Waals surface area contributed by atoms with Gasteiger partial charge in [0, 0.05) is 29.8 Å². The maximum atomic E-state index is 12.6. The minimum absolute atomic E-state index is 0.0492. The lowest BCUT2D eigenvalue weighted by molar-refractivity contribution is -0.142. The maximum Gasteiger partial charge on any atom is 0.349 e. The zero-order valence-electron chi connectivity index (χ0n) is 15.6. The molecule has 0 aliphatic carbocycles. The van der Waals surface area contributed by atoms with Gasteiger partial charge in [0.05, 0.1) is 12.8 Å². The normalized spacial score (nSPS) is 10.5. The molecule has 1 N–H and O–H groups in total. The van der Waals surface area contributed by atoms with E-state index >= 15 is 0 Å². The van der Waals surface area contributed by atoms with Crippen molar-refractivity contribution in [3.63, 3.8) is 0 Å². The van der Waals surface area contributed by atoms with E-state index in [4.69, 9.17) is 13.9 Å². The first-order chi connectivity index (χ1) is 13.4. The topological polar surface area (TPSA) is 108 Å². The van der Waals surface area contributed by atoms with Gasteiger partial charge in [-0.15, -0.1) is 0 Å². The molecule has 3 aromatic rings. The van der Waals surface area contributed by atoms with Crippen molar-refractivity contribution in [2.75, 3.05) is 12.4 Å². The van der Waals surface area contributed by atoms with E-state index in [0.29, 0.717) is 28.1 Å². The third kappa shape index (κ3) is 4.01. The van der Waals surface area contributed by atoms with Crippen LogP contribution < -0.4 is 15.7 Å². The Morgan fingerprint density at radius 1 is 1.21 bits per heavy atom. The van der Waals surface area contributed by atoms with Crippen molar-refractivity contribution in [3.8, 4) is 5.75 Å². The summed E-state index contributed by atoms with van der Waals surface area (Å²) in [6, 6.07) is 8.10. The average molecular weight is 382 g/mol. The molecule has 8 nitrogen and oxygen atoms in total. The molecule has 0 saturated carbocycles. The molecular formula is C20H18N2O6. The van der Waals surface area contributed by atoms with E-state index in [2.05, 4.69) is 10.3 Å². The van der Waals surface area contributed by atoms with Gasteiger partial charge >= 0.3 is 11.6 Å². The number of carbonyl (C=O) groups excluding carboxylic acids is 2. The number of esters is 1. The number of anilines is 1. The van der Waals surface area contributed by atoms with Gasteiger partial charge in [-0.1, -0.05) is 0 Å². The Balaban J connectivity index is 1.98. The van der Waals surface area contributed by atoms with Crippen LogP contribution in [0.3, 0.4) is 0 Å². The summed E-state index contributed by atoms with van der Waals surface area (Å²) in [4.78, 5) is 40.2. The molecule has 0 saturated heterocycles. The van der Waals surface area contributed by atoms with Gasteiger partial charge in [-0.25, -0.2) is 4.79 Å². The highest BCUT2D eigenvalue weighted by atomic mass is 16.5. The minimum Gasteiger partial charge on any atom is -0.497 e. The van der Waals surface area contributed by atoms with E-state index in [1.165, 1.54) is 26.3 Å². The van der Waals surface area contributed by atoms with Crippen LogP contribution in [0.5, 0.6) is 5.75 Å². The fraction of sp³-hybridized carbons (Fsp3) is 0.200. The van der Waals surface area contributed by atoms with Gasteiger partial charge in [-0.2, -0.15) is 0 Å². The van der Waals surface area contributed by atoms with Crippen LogP contribution in [0.1, 0.15) is 28.5 Å². The molecule has 0 unspecified atom stereocenters. The predicted molar refractivity (Wildman–Crippen MR) is 101 cm³/mol. The molecule has 144 valence electrons. The molecule has 3 rings (SSSR count). The molecule has 28 heavy (non-hydrogen) atoms. The molecule has 0 bridgehead atoms. The van der Waals surface area contributed by atoms with Gasteiger partial charge in [0.1, 0.15) is 17.9 Å². The lowest BCUT2D eigenvalue weighted by Gasteiger charge is -2.10. The van der Waals surface area contributed by atoms with Crippen LogP contribution in [0.25, 0.3) is 11.0 Å². The van der Waals surface area contributed by atoms with E-state index in [9.17, 15) is 14.4 Å². The molecule has 0 radical (unpaired) electrons. The van der Waals surface area contributed by atoms with Gasteiger partial charge in [0.2, 0.25) is 0 Å². The molecule has 2 aromatic heterocycles. The van der Waals surface area contributed by atoms with Crippen LogP contribution in [0.2, 0.25) is 0 Å². The van der Waals surface area contributed by atoms with Gasteiger partial charge < -0.3 is 19.2 Å². The summed E-state index contributed by atoms with van der Waals surface area (Å²) in [5, 5.41) is 3.12. The number of hydrogen-bond donors (Lipinski definition) is 1. The maximum absolute atomic E-state index is 12.6. The van der Waals surface area contributed by atoms with Gasteiger partial charge in [-0.05, 0) is 37.3 Å². The number of rotatable bonds is 5. The summed E-state index contributed by atoms with van der Waals surface area (Å²) in [7, 11) is 1.54. The zero-order valence-corrected chi connectivity index (χ0v) is 15.6. The van der Waals surface area contributed by atoms with Gasteiger partial charge in [-0.3, -0.25) is 14.6 Å². The van der Waals surface area contributed by atoms with E-state index in [0.717, 1.165) is 0 Å². The van der Waals surface area contributed by atoms with Crippen molar-refractivity contribution in [1.29, 1.82) is 0 Å². The Morgan fingerprint density at radius 2 is 1.93 bits per heavy atom. The number of methoxy groups -OCH3 is 1. The summed E-state index contributed by atoms with van der Waals surface area (Å²) in [5.74, 6) is -0.432. The molecule has 0 spiro atoms. The summed E-state index contributed by atoms with van der Waals surface area (Å²) in [6.45, 7) is 2.92. The Hall–Kier alpha value is -3.68. The van der Waals surface area contributed by atoms with Gasteiger partial charge in [0.15, 0.2) is 5.58 Å². The second kappa shape index (κ2) is 7.91. The van der Waals surface area contributed by atoms with Crippen molar-refractivity contribution < 1.29 is 23.5 Å². The largest absolute Gasteiger partial charge is 0.497 e. The summed E-state index contributed by atoms with van der Waals surface area (Å²) in [5.41, 5.74) is 0.803. The number of aromatic nitrogens is 1. The number of hydrogen-bond acceptors (Lipinski definition) is 7. The predicted octanol–water partition coefficient (Wildman–Crippen LogP) is 2.82. The molecule has 1 amide bonds. The van der Waals surface area contributed by atoms with E-state index < -0.39 is 17.5 Å². The molecule has 0 aliphatic rings. The van der Waals surface area contributed by atoms with Crippen LogP contribution in [-0.4, -0.2) is 24.0 Å². The second-order valence-corrected chi connectivity index (χ2v) is 6.02. The number of carbonyl (C=O) groups is 2. The fourth-order valence-electron chi connectivity index (χ4n) is 2.61. The monoisotopic (exact) mass is 382 g/mol. The fourth-order valence-corrected chi connectivity index (χ4v) is 2.61. The first kappa shape index (κ1) is 19.1. The lowest BCUT2D eigenvalue weighted by atomic mass is 10.1. The van der Waals surface area contributed by atoms with Crippen molar-refractivity contribution in [2.45, 2.75) is 20.5 Å². The quantitative estimate of drug-likeness (QED) is 0.676. The second-order valence-electron chi connectivity index (χ2n) is 6.02. The third-order valence-corrected chi connectivity index (χ3v) is 4.06. The smallest absolute Gasteiger partial charge is 0.349 e. The average Bonchev–Trinajstić information content (AvgIpc) is 2.68.